The van der Waals surface area contributed by atoms with Gasteiger partial charge in [-0.15, -0.1) is 0 Å². The molecule has 1 atom stereocenters. The summed E-state index contributed by atoms with van der Waals surface area (Å²) in [5, 5.41) is 9.42. The van der Waals surface area contributed by atoms with Crippen LogP contribution in [-0.4, -0.2) is 55.7 Å². The molecule has 1 saturated heterocycles. The molecule has 11 heteroatoms. The number of benzene rings is 4. The summed E-state index contributed by atoms with van der Waals surface area (Å²) in [6.07, 6.45) is 4.06. The number of carboxylic acids is 1. The molecule has 1 aliphatic rings. The van der Waals surface area contributed by atoms with Crippen LogP contribution in [0.3, 0.4) is 0 Å². The number of carbonyl (C=O) groups is 2. The zero-order chi connectivity index (χ0) is 34.8. The largest absolute Gasteiger partial charge is 0.494 e. The van der Waals surface area contributed by atoms with E-state index in [1.165, 1.54) is 4.90 Å². The number of nitrogens with one attached hydrogen (secondary N) is 1. The number of carbonyl (C=O) groups excluding carboxylic acids is 1. The van der Waals surface area contributed by atoms with Crippen molar-refractivity contribution in [2.24, 2.45) is 0 Å². The van der Waals surface area contributed by atoms with Crippen molar-refractivity contribution in [2.75, 3.05) is 29.0 Å². The normalized spacial score (nSPS) is 14.6. The number of rotatable bonds is 15. The minimum Gasteiger partial charge on any atom is -0.494 e. The van der Waals surface area contributed by atoms with Crippen LogP contribution in [0.4, 0.5) is 11.4 Å². The molecule has 0 aromatic heterocycles. The molecule has 0 aliphatic carbocycles. The Labute approximate surface area is 288 Å². The number of amides is 1. The van der Waals surface area contributed by atoms with E-state index in [9.17, 15) is 23.1 Å². The molecule has 4 aromatic rings. The number of anilines is 2. The predicted octanol–water partition coefficient (Wildman–Crippen LogP) is 6.99. The van der Waals surface area contributed by atoms with Gasteiger partial charge in [0.25, 0.3) is 0 Å². The van der Waals surface area contributed by atoms with E-state index in [-0.39, 0.29) is 12.3 Å². The van der Waals surface area contributed by atoms with Crippen molar-refractivity contribution in [1.82, 2.24) is 4.90 Å². The third kappa shape index (κ3) is 10.2. The number of piperidine rings is 1. The Balaban J connectivity index is 1.16. The van der Waals surface area contributed by atoms with Crippen molar-refractivity contribution in [3.05, 3.63) is 114 Å². The van der Waals surface area contributed by atoms with Crippen LogP contribution in [0.2, 0.25) is 0 Å². The summed E-state index contributed by atoms with van der Waals surface area (Å²) >= 11 is 0. The third-order valence-corrected chi connectivity index (χ3v) is 9.02. The summed E-state index contributed by atoms with van der Waals surface area (Å²) in [7, 11) is -3.43. The number of nitrogens with zero attached hydrogens (tertiary/aromatic N) is 2. The quantitative estimate of drug-likeness (QED) is 0.128. The smallest absolute Gasteiger partial charge is 0.326 e. The number of hydrogen-bond acceptors (Lipinski definition) is 7. The van der Waals surface area contributed by atoms with Gasteiger partial charge >= 0.3 is 5.97 Å². The Morgan fingerprint density at radius 2 is 1.49 bits per heavy atom. The highest BCUT2D eigenvalue weighted by Crippen LogP contribution is 2.31. The average molecular weight is 686 g/mol. The number of likely N-dealkylation sites (tertiary alicyclic amines) is 1. The molecule has 4 aromatic carbocycles. The molecular weight excluding hydrogens is 642 g/mol. The number of hydrogen-bond donors (Lipinski definition) is 2. The Kier molecular flexibility index (Phi) is 11.8. The fourth-order valence-electron chi connectivity index (χ4n) is 5.97. The van der Waals surface area contributed by atoms with Crippen LogP contribution in [0.25, 0.3) is 0 Å². The van der Waals surface area contributed by atoms with Crippen molar-refractivity contribution in [1.29, 1.82) is 0 Å². The molecular formula is C38H43N3O7S. The lowest BCUT2D eigenvalue weighted by molar-refractivity contribution is -0.152. The molecule has 0 radical (unpaired) electrons. The first-order valence-electron chi connectivity index (χ1n) is 16.4. The highest BCUT2D eigenvalue weighted by molar-refractivity contribution is 7.92. The lowest BCUT2D eigenvalue weighted by atomic mass is 10.0. The van der Waals surface area contributed by atoms with Crippen LogP contribution in [0, 0.1) is 6.92 Å². The molecule has 1 unspecified atom stereocenters. The maximum atomic E-state index is 12.6. The molecule has 1 amide bonds. The molecule has 2 N–H and O–H groups in total. The molecule has 0 spiro atoms. The Hall–Kier alpha value is -5.03. The van der Waals surface area contributed by atoms with E-state index in [2.05, 4.69) is 21.8 Å². The monoisotopic (exact) mass is 685 g/mol. The van der Waals surface area contributed by atoms with Crippen molar-refractivity contribution >= 4 is 33.3 Å². The number of ether oxygens (including phenoxy) is 2. The molecule has 49 heavy (non-hydrogen) atoms. The van der Waals surface area contributed by atoms with Gasteiger partial charge in [0.05, 0.1) is 18.6 Å². The van der Waals surface area contributed by atoms with Crippen LogP contribution >= 0.6 is 0 Å². The Morgan fingerprint density at radius 3 is 2.14 bits per heavy atom. The second-order valence-electron chi connectivity index (χ2n) is 12.3. The fraction of sp³-hybridized carbons (Fsp3) is 0.316. The van der Waals surface area contributed by atoms with Gasteiger partial charge < -0.3 is 24.4 Å². The van der Waals surface area contributed by atoms with Gasteiger partial charge in [-0.25, -0.2) is 13.2 Å². The number of sulfonamides is 1. The maximum absolute atomic E-state index is 12.6. The van der Waals surface area contributed by atoms with E-state index < -0.39 is 22.0 Å². The lowest BCUT2D eigenvalue weighted by Gasteiger charge is -2.33. The first-order chi connectivity index (χ1) is 23.6. The summed E-state index contributed by atoms with van der Waals surface area (Å²) in [6, 6.07) is 30.2. The van der Waals surface area contributed by atoms with Crippen molar-refractivity contribution in [3.8, 4) is 17.2 Å². The van der Waals surface area contributed by atoms with Gasteiger partial charge in [-0.2, -0.15) is 0 Å². The van der Waals surface area contributed by atoms with Crippen LogP contribution < -0.4 is 19.1 Å². The van der Waals surface area contributed by atoms with Gasteiger partial charge in [0, 0.05) is 31.7 Å². The van der Waals surface area contributed by atoms with Gasteiger partial charge in [0.15, 0.2) is 0 Å². The molecule has 0 bridgehead atoms. The average Bonchev–Trinajstić information content (AvgIpc) is 3.08. The Morgan fingerprint density at radius 1 is 0.857 bits per heavy atom. The molecule has 5 rings (SSSR count). The fourth-order valence-corrected chi connectivity index (χ4v) is 6.59. The molecule has 10 nitrogen and oxygen atoms in total. The van der Waals surface area contributed by atoms with Crippen molar-refractivity contribution in [3.63, 3.8) is 0 Å². The molecule has 258 valence electrons. The Bertz CT molecular complexity index is 1810. The van der Waals surface area contributed by atoms with Gasteiger partial charge in [0.2, 0.25) is 15.9 Å². The summed E-state index contributed by atoms with van der Waals surface area (Å²) in [4.78, 5) is 27.8. The molecule has 1 aliphatic heterocycles. The van der Waals surface area contributed by atoms with Gasteiger partial charge in [-0.05, 0) is 97.8 Å². The summed E-state index contributed by atoms with van der Waals surface area (Å²) in [6.45, 7) is 3.99. The first-order valence-corrected chi connectivity index (χ1v) is 18.3. The summed E-state index contributed by atoms with van der Waals surface area (Å²) in [5.41, 5.74) is 4.52. The van der Waals surface area contributed by atoms with E-state index >= 15 is 0 Å². The highest BCUT2D eigenvalue weighted by Gasteiger charge is 2.31. The first kappa shape index (κ1) is 35.3. The van der Waals surface area contributed by atoms with E-state index in [1.807, 2.05) is 85.8 Å². The summed E-state index contributed by atoms with van der Waals surface area (Å²) in [5.74, 6) is 0.907. The topological polar surface area (TPSA) is 125 Å². The van der Waals surface area contributed by atoms with E-state index in [0.29, 0.717) is 62.0 Å². The maximum Gasteiger partial charge on any atom is 0.326 e. The van der Waals surface area contributed by atoms with Crippen molar-refractivity contribution in [2.45, 2.75) is 58.2 Å². The minimum absolute atomic E-state index is 0.138. The van der Waals surface area contributed by atoms with E-state index in [0.717, 1.165) is 41.5 Å². The van der Waals surface area contributed by atoms with Gasteiger partial charge in [0.1, 0.15) is 23.3 Å². The van der Waals surface area contributed by atoms with Crippen molar-refractivity contribution < 1.29 is 32.6 Å². The zero-order valence-corrected chi connectivity index (χ0v) is 28.7. The summed E-state index contributed by atoms with van der Waals surface area (Å²) < 4.78 is 38.5. The van der Waals surface area contributed by atoms with E-state index in [1.54, 1.807) is 6.07 Å². The van der Waals surface area contributed by atoms with Gasteiger partial charge in [-0.3, -0.25) is 9.52 Å². The SMILES string of the molecule is Cc1c(NS(C)(=O)=O)cccc1N(Cc1ccccc1)Cc1ccc(Oc2ccc(OCCCC(=O)N3CCCCC3C(=O)O)cc2)cc1. The predicted molar refractivity (Wildman–Crippen MR) is 191 cm³/mol. The third-order valence-electron chi connectivity index (χ3n) is 8.43. The highest BCUT2D eigenvalue weighted by atomic mass is 32.2. The molecule has 0 saturated carbocycles. The van der Waals surface area contributed by atoms with Gasteiger partial charge in [-0.1, -0.05) is 48.5 Å². The minimum atomic E-state index is -3.43. The van der Waals surface area contributed by atoms with E-state index in [4.69, 9.17) is 9.47 Å². The lowest BCUT2D eigenvalue weighted by Crippen LogP contribution is -2.47. The van der Waals surface area contributed by atoms with Crippen LogP contribution in [-0.2, 0) is 32.7 Å². The zero-order valence-electron chi connectivity index (χ0n) is 27.9. The number of aliphatic carboxylic acids is 1. The van der Waals surface area contributed by atoms with Crippen LogP contribution in [0.15, 0.2) is 97.1 Å². The standard InChI is InChI=1S/C38H43N3O7S/c1-28-34(39-49(2,45)46)12-8-14-35(28)40(26-29-10-4-3-5-11-29)27-30-16-18-32(19-17-30)48-33-22-20-31(21-23-33)47-25-9-15-37(42)41-24-7-6-13-36(41)38(43)44/h3-5,8,10-12,14,16-23,36,39H,6-7,9,13,15,24-27H2,1-2H3,(H,43,44). The molecule has 1 heterocycles. The van der Waals surface area contributed by atoms with Crippen LogP contribution in [0.5, 0.6) is 17.2 Å². The number of carboxylic acid groups (broad SMARTS) is 1. The second-order valence-corrected chi connectivity index (χ2v) is 14.0. The second kappa shape index (κ2) is 16.4. The van der Waals surface area contributed by atoms with Crippen LogP contribution in [0.1, 0.15) is 48.8 Å². The molecule has 1 fully saturated rings.